The summed E-state index contributed by atoms with van der Waals surface area (Å²) in [6.45, 7) is 1.94. The van der Waals surface area contributed by atoms with Crippen LogP contribution in [0.4, 0.5) is 0 Å². The van der Waals surface area contributed by atoms with E-state index in [1.54, 1.807) is 0 Å². The maximum absolute atomic E-state index is 8.82. The minimum Gasteiger partial charge on any atom is -0.198 e. The molecule has 1 aromatic rings. The number of allylic oxidation sites excluding steroid dienone is 2. The first-order valence-electron chi connectivity index (χ1n) is 4.43. The molecule has 0 N–H and O–H groups in total. The highest BCUT2D eigenvalue weighted by Gasteiger charge is 2.02. The quantitative estimate of drug-likeness (QED) is 0.641. The highest BCUT2D eigenvalue weighted by Crippen LogP contribution is 2.08. The third-order valence-electron chi connectivity index (χ3n) is 1.89. The summed E-state index contributed by atoms with van der Waals surface area (Å²) < 4.78 is 0. The smallest absolute Gasteiger partial charge is 0.0700 e. The van der Waals surface area contributed by atoms with Gasteiger partial charge in [-0.1, -0.05) is 42.5 Å². The van der Waals surface area contributed by atoms with Crippen molar-refractivity contribution >= 4 is 0 Å². The lowest BCUT2D eigenvalue weighted by Crippen LogP contribution is -1.97. The van der Waals surface area contributed by atoms with Gasteiger partial charge in [-0.15, -0.1) is 0 Å². The average Bonchev–Trinajstić information content (AvgIpc) is 2.19. The molecule has 1 atom stereocenters. The number of benzene rings is 1. The van der Waals surface area contributed by atoms with Gasteiger partial charge in [-0.3, -0.25) is 0 Å². The van der Waals surface area contributed by atoms with E-state index in [4.69, 9.17) is 5.26 Å². The van der Waals surface area contributed by atoms with E-state index in [1.807, 2.05) is 49.4 Å². The van der Waals surface area contributed by atoms with Crippen molar-refractivity contribution < 1.29 is 0 Å². The summed E-state index contributed by atoms with van der Waals surface area (Å²) in [6, 6.07) is 12.3. The van der Waals surface area contributed by atoms with Crippen LogP contribution in [0.15, 0.2) is 42.5 Å². The normalized spacial score (nSPS) is 12.6. The van der Waals surface area contributed by atoms with E-state index in [-0.39, 0.29) is 5.92 Å². The molecule has 1 unspecified atom stereocenters. The second kappa shape index (κ2) is 5.16. The fourth-order valence-corrected chi connectivity index (χ4v) is 1.26. The van der Waals surface area contributed by atoms with Crippen LogP contribution in [0.2, 0.25) is 0 Å². The third-order valence-corrected chi connectivity index (χ3v) is 1.89. The second-order valence-corrected chi connectivity index (χ2v) is 2.95. The molecule has 0 fully saturated rings. The van der Waals surface area contributed by atoms with Gasteiger partial charge in [-0.2, -0.15) is 5.26 Å². The highest BCUT2D eigenvalue weighted by molar-refractivity contribution is 5.18. The van der Waals surface area contributed by atoms with Gasteiger partial charge in [0.25, 0.3) is 0 Å². The first-order chi connectivity index (χ1) is 6.36. The Kier molecular flexibility index (Phi) is 3.78. The summed E-state index contributed by atoms with van der Waals surface area (Å²) in [5, 5.41) is 8.82. The lowest BCUT2D eigenvalue weighted by atomic mass is 10.0. The molecule has 13 heavy (non-hydrogen) atoms. The zero-order chi connectivity index (χ0) is 9.52. The zero-order valence-corrected chi connectivity index (χ0v) is 7.77. The first kappa shape index (κ1) is 9.54. The number of nitriles is 1. The Morgan fingerprint density at radius 2 is 2.08 bits per heavy atom. The number of hydrogen-bond donors (Lipinski definition) is 0. The van der Waals surface area contributed by atoms with E-state index in [9.17, 15) is 0 Å². The molecule has 1 rings (SSSR count). The molecule has 0 heterocycles. The minimum atomic E-state index is 0.00685. The van der Waals surface area contributed by atoms with Crippen molar-refractivity contribution in [1.29, 1.82) is 5.26 Å². The summed E-state index contributed by atoms with van der Waals surface area (Å²) in [5.41, 5.74) is 1.21. The topological polar surface area (TPSA) is 23.8 Å². The standard InChI is InChI=1S/C12H13N/c1-2-6-12(10-13)9-11-7-4-3-5-8-11/h2-8,12H,9H2,1H3. The van der Waals surface area contributed by atoms with Gasteiger partial charge in [0.2, 0.25) is 0 Å². The van der Waals surface area contributed by atoms with Gasteiger partial charge in [0.1, 0.15) is 0 Å². The SMILES string of the molecule is CC=CC(C#N)Cc1ccccc1. The maximum atomic E-state index is 8.82. The number of hydrogen-bond acceptors (Lipinski definition) is 1. The zero-order valence-electron chi connectivity index (χ0n) is 7.77. The van der Waals surface area contributed by atoms with Crippen molar-refractivity contribution in [2.24, 2.45) is 5.92 Å². The number of nitrogens with zero attached hydrogens (tertiary/aromatic N) is 1. The van der Waals surface area contributed by atoms with E-state index >= 15 is 0 Å². The van der Waals surface area contributed by atoms with Crippen LogP contribution >= 0.6 is 0 Å². The van der Waals surface area contributed by atoms with Crippen molar-refractivity contribution in [2.75, 3.05) is 0 Å². The van der Waals surface area contributed by atoms with E-state index in [0.29, 0.717) is 0 Å². The molecule has 0 spiro atoms. The van der Waals surface area contributed by atoms with Gasteiger partial charge < -0.3 is 0 Å². The molecule has 0 radical (unpaired) electrons. The van der Waals surface area contributed by atoms with Crippen LogP contribution in [0, 0.1) is 17.2 Å². The molecule has 66 valence electrons. The van der Waals surface area contributed by atoms with Crippen LogP contribution < -0.4 is 0 Å². The van der Waals surface area contributed by atoms with E-state index in [2.05, 4.69) is 6.07 Å². The van der Waals surface area contributed by atoms with Crippen LogP contribution in [0.1, 0.15) is 12.5 Å². The Hall–Kier alpha value is -1.55. The maximum Gasteiger partial charge on any atom is 0.0700 e. The molecule has 0 bridgehead atoms. The van der Waals surface area contributed by atoms with Crippen LogP contribution in [0.3, 0.4) is 0 Å². The molecular weight excluding hydrogens is 158 g/mol. The monoisotopic (exact) mass is 171 g/mol. The molecule has 1 nitrogen and oxygen atoms in total. The van der Waals surface area contributed by atoms with E-state index < -0.39 is 0 Å². The molecular formula is C12H13N. The van der Waals surface area contributed by atoms with Gasteiger partial charge in [0.15, 0.2) is 0 Å². The lowest BCUT2D eigenvalue weighted by molar-refractivity contribution is 0.818. The van der Waals surface area contributed by atoms with Gasteiger partial charge in [-0.05, 0) is 18.9 Å². The second-order valence-electron chi connectivity index (χ2n) is 2.95. The third kappa shape index (κ3) is 3.13. The minimum absolute atomic E-state index is 0.00685. The fourth-order valence-electron chi connectivity index (χ4n) is 1.26. The summed E-state index contributed by atoms with van der Waals surface area (Å²) in [7, 11) is 0. The molecule has 1 aromatic carbocycles. The van der Waals surface area contributed by atoms with Crippen molar-refractivity contribution in [3.8, 4) is 6.07 Å². The number of rotatable bonds is 3. The van der Waals surface area contributed by atoms with Gasteiger partial charge in [0.05, 0.1) is 12.0 Å². The Morgan fingerprint density at radius 3 is 2.62 bits per heavy atom. The van der Waals surface area contributed by atoms with Crippen molar-refractivity contribution in [3.63, 3.8) is 0 Å². The Morgan fingerprint density at radius 1 is 1.38 bits per heavy atom. The summed E-state index contributed by atoms with van der Waals surface area (Å²) in [6.07, 6.45) is 4.67. The Balaban J connectivity index is 2.63. The fraction of sp³-hybridized carbons (Fsp3) is 0.250. The largest absolute Gasteiger partial charge is 0.198 e. The van der Waals surface area contributed by atoms with Crippen molar-refractivity contribution in [3.05, 3.63) is 48.0 Å². The van der Waals surface area contributed by atoms with E-state index in [1.165, 1.54) is 5.56 Å². The summed E-state index contributed by atoms with van der Waals surface area (Å²) in [4.78, 5) is 0. The van der Waals surface area contributed by atoms with Gasteiger partial charge >= 0.3 is 0 Å². The molecule has 0 saturated carbocycles. The first-order valence-corrected chi connectivity index (χ1v) is 4.43. The highest BCUT2D eigenvalue weighted by atomic mass is 14.3. The molecule has 0 aliphatic heterocycles. The van der Waals surface area contributed by atoms with Gasteiger partial charge in [0, 0.05) is 0 Å². The van der Waals surface area contributed by atoms with Crippen molar-refractivity contribution in [1.82, 2.24) is 0 Å². The molecule has 1 heteroatoms. The molecule has 0 aliphatic carbocycles. The summed E-state index contributed by atoms with van der Waals surface area (Å²) in [5.74, 6) is 0.00685. The van der Waals surface area contributed by atoms with Crippen LogP contribution in [0.5, 0.6) is 0 Å². The lowest BCUT2D eigenvalue weighted by Gasteiger charge is -2.02. The Bertz CT molecular complexity index is 306. The van der Waals surface area contributed by atoms with Crippen LogP contribution in [-0.4, -0.2) is 0 Å². The van der Waals surface area contributed by atoms with Gasteiger partial charge in [-0.25, -0.2) is 0 Å². The molecule has 0 amide bonds. The predicted molar refractivity (Wildman–Crippen MR) is 54.1 cm³/mol. The average molecular weight is 171 g/mol. The summed E-state index contributed by atoms with van der Waals surface area (Å²) >= 11 is 0. The molecule has 0 aromatic heterocycles. The van der Waals surface area contributed by atoms with Crippen LogP contribution in [-0.2, 0) is 6.42 Å². The Labute approximate surface area is 79.3 Å². The molecule has 0 aliphatic rings. The van der Waals surface area contributed by atoms with E-state index in [0.717, 1.165) is 6.42 Å². The predicted octanol–water partition coefficient (Wildman–Crippen LogP) is 2.94. The van der Waals surface area contributed by atoms with Crippen LogP contribution in [0.25, 0.3) is 0 Å². The van der Waals surface area contributed by atoms with Crippen molar-refractivity contribution in [2.45, 2.75) is 13.3 Å². The molecule has 0 saturated heterocycles.